The molecule has 0 saturated carbocycles. The Morgan fingerprint density at radius 3 is 2.15 bits per heavy atom. The van der Waals surface area contributed by atoms with E-state index >= 15 is 0 Å². The number of hydrogen-bond donors (Lipinski definition) is 2. The molecule has 8 nitrogen and oxygen atoms in total. The molecule has 1 aliphatic heterocycles. The van der Waals surface area contributed by atoms with Crippen molar-refractivity contribution in [1.82, 2.24) is 0 Å². The molecule has 0 aromatic heterocycles. The van der Waals surface area contributed by atoms with Crippen molar-refractivity contribution < 1.29 is 34.1 Å². The molecule has 40 heavy (non-hydrogen) atoms. The van der Waals surface area contributed by atoms with E-state index in [4.69, 9.17) is 14.6 Å². The molecule has 0 radical (unpaired) electrons. The van der Waals surface area contributed by atoms with Gasteiger partial charge in [0.1, 0.15) is 17.3 Å². The van der Waals surface area contributed by atoms with Crippen molar-refractivity contribution in [2.45, 2.75) is 45.6 Å². The molecular formula is C32H33NO7. The Labute approximate surface area is 233 Å². The number of anilines is 1. The second-order valence-corrected chi connectivity index (χ2v) is 10.6. The maximum Gasteiger partial charge on any atom is 0.307 e. The van der Waals surface area contributed by atoms with E-state index in [9.17, 15) is 19.5 Å². The average Bonchev–Trinajstić information content (AvgIpc) is 3.18. The third-order valence-electron chi connectivity index (χ3n) is 6.81. The van der Waals surface area contributed by atoms with Crippen LogP contribution in [0.15, 0.2) is 72.3 Å². The maximum atomic E-state index is 13.5. The van der Waals surface area contributed by atoms with E-state index in [-0.39, 0.29) is 23.2 Å². The van der Waals surface area contributed by atoms with Gasteiger partial charge in [0.05, 0.1) is 31.8 Å². The summed E-state index contributed by atoms with van der Waals surface area (Å²) in [5.74, 6) is -1.61. The standard InChI is InChI=1S/C32H33NO7/c1-6-40-25-16-11-21(18-24(25)32(2,3)4)29(36)27-28(20-9-14-23(39-5)15-10-20)33(31(38)30(27)37)22-12-7-19(8-13-22)17-26(34)35/h7-16,18,28,36H,6,17H2,1-5H3,(H,34,35)/b29-27-. The number of rotatable bonds is 8. The molecule has 1 saturated heterocycles. The van der Waals surface area contributed by atoms with Crippen molar-refractivity contribution in [3.63, 3.8) is 0 Å². The summed E-state index contributed by atoms with van der Waals surface area (Å²) in [7, 11) is 1.54. The Kier molecular flexibility index (Phi) is 8.00. The molecule has 1 unspecified atom stereocenters. The van der Waals surface area contributed by atoms with E-state index in [0.29, 0.717) is 40.5 Å². The monoisotopic (exact) mass is 543 g/mol. The Balaban J connectivity index is 1.90. The minimum absolute atomic E-state index is 0.0474. The molecule has 0 aliphatic carbocycles. The molecule has 0 spiro atoms. The van der Waals surface area contributed by atoms with Crippen LogP contribution in [-0.4, -0.2) is 41.6 Å². The number of ether oxygens (including phenoxy) is 2. The number of nitrogens with zero attached hydrogens (tertiary/aromatic N) is 1. The van der Waals surface area contributed by atoms with E-state index in [1.807, 2.05) is 27.7 Å². The number of carboxylic acids is 1. The molecule has 3 aromatic rings. The smallest absolute Gasteiger partial charge is 0.307 e. The van der Waals surface area contributed by atoms with E-state index in [1.54, 1.807) is 73.8 Å². The minimum atomic E-state index is -0.976. The van der Waals surface area contributed by atoms with Gasteiger partial charge in [0.25, 0.3) is 11.7 Å². The second kappa shape index (κ2) is 11.3. The normalized spacial score (nSPS) is 16.7. The first-order chi connectivity index (χ1) is 19.0. The Bertz CT molecular complexity index is 1460. The van der Waals surface area contributed by atoms with Crippen LogP contribution in [0.5, 0.6) is 11.5 Å². The first-order valence-electron chi connectivity index (χ1n) is 13.0. The first-order valence-corrected chi connectivity index (χ1v) is 13.0. The lowest BCUT2D eigenvalue weighted by Crippen LogP contribution is -2.29. The third-order valence-corrected chi connectivity index (χ3v) is 6.81. The van der Waals surface area contributed by atoms with Gasteiger partial charge in [0.15, 0.2) is 0 Å². The molecule has 8 heteroatoms. The van der Waals surface area contributed by atoms with Gasteiger partial charge >= 0.3 is 5.97 Å². The molecule has 3 aromatic carbocycles. The summed E-state index contributed by atoms with van der Waals surface area (Å²) >= 11 is 0. The zero-order chi connectivity index (χ0) is 29.2. The molecule has 1 atom stereocenters. The number of methoxy groups -OCH3 is 1. The molecule has 1 fully saturated rings. The Hall–Kier alpha value is -4.59. The van der Waals surface area contributed by atoms with Crippen molar-refractivity contribution >= 4 is 29.1 Å². The lowest BCUT2D eigenvalue weighted by Gasteiger charge is -2.26. The number of carbonyl (C=O) groups excluding carboxylic acids is 2. The number of aliphatic hydroxyl groups excluding tert-OH is 1. The van der Waals surface area contributed by atoms with Gasteiger partial charge in [-0.3, -0.25) is 19.3 Å². The van der Waals surface area contributed by atoms with Gasteiger partial charge in [0.2, 0.25) is 0 Å². The van der Waals surface area contributed by atoms with E-state index in [0.717, 1.165) is 5.56 Å². The molecule has 208 valence electrons. The highest BCUT2D eigenvalue weighted by Gasteiger charge is 2.47. The van der Waals surface area contributed by atoms with Crippen LogP contribution in [0, 0.1) is 0 Å². The second-order valence-electron chi connectivity index (χ2n) is 10.6. The largest absolute Gasteiger partial charge is 0.507 e. The quantitative estimate of drug-likeness (QED) is 0.215. The summed E-state index contributed by atoms with van der Waals surface area (Å²) < 4.78 is 11.1. The summed E-state index contributed by atoms with van der Waals surface area (Å²) in [6.45, 7) is 8.45. The summed E-state index contributed by atoms with van der Waals surface area (Å²) in [5.41, 5.74) is 2.42. The van der Waals surface area contributed by atoms with Gasteiger partial charge in [-0.05, 0) is 65.9 Å². The van der Waals surface area contributed by atoms with Gasteiger partial charge in [-0.15, -0.1) is 0 Å². The van der Waals surface area contributed by atoms with Crippen LogP contribution < -0.4 is 14.4 Å². The van der Waals surface area contributed by atoms with Gasteiger partial charge < -0.3 is 19.7 Å². The van der Waals surface area contributed by atoms with Gasteiger partial charge in [-0.25, -0.2) is 0 Å². The van der Waals surface area contributed by atoms with E-state index in [1.165, 1.54) is 4.90 Å². The molecule has 1 aliphatic rings. The average molecular weight is 544 g/mol. The molecule has 2 N–H and O–H groups in total. The van der Waals surface area contributed by atoms with Crippen LogP contribution >= 0.6 is 0 Å². The number of carbonyl (C=O) groups is 3. The van der Waals surface area contributed by atoms with Crippen molar-refractivity contribution in [2.75, 3.05) is 18.6 Å². The minimum Gasteiger partial charge on any atom is -0.507 e. The summed E-state index contributed by atoms with van der Waals surface area (Å²) in [5, 5.41) is 20.7. The van der Waals surface area contributed by atoms with Crippen LogP contribution in [0.1, 0.15) is 56.0 Å². The van der Waals surface area contributed by atoms with Crippen LogP contribution in [0.3, 0.4) is 0 Å². The fourth-order valence-corrected chi connectivity index (χ4v) is 4.85. The number of Topliss-reactive ketones (excluding diaryl/α,β-unsaturated/α-hetero) is 1. The summed E-state index contributed by atoms with van der Waals surface area (Å²) in [6, 6.07) is 17.7. The number of ketones is 1. The number of aliphatic hydroxyl groups is 1. The SMILES string of the molecule is CCOc1ccc(/C(O)=C2/C(=O)C(=O)N(c3ccc(CC(=O)O)cc3)C2c2ccc(OC)cc2)cc1C(C)(C)C. The van der Waals surface area contributed by atoms with Crippen LogP contribution in [0.25, 0.3) is 5.76 Å². The number of benzene rings is 3. The molecule has 1 heterocycles. The summed E-state index contributed by atoms with van der Waals surface area (Å²) in [4.78, 5) is 39.5. The van der Waals surface area contributed by atoms with Crippen molar-refractivity contribution in [3.8, 4) is 11.5 Å². The highest BCUT2D eigenvalue weighted by atomic mass is 16.5. The molecule has 1 amide bonds. The Morgan fingerprint density at radius 1 is 0.950 bits per heavy atom. The number of amides is 1. The van der Waals surface area contributed by atoms with Crippen LogP contribution in [0.4, 0.5) is 5.69 Å². The summed E-state index contributed by atoms with van der Waals surface area (Å²) in [6.07, 6.45) is -0.172. The zero-order valence-electron chi connectivity index (χ0n) is 23.2. The first kappa shape index (κ1) is 28.4. The van der Waals surface area contributed by atoms with Crippen LogP contribution in [-0.2, 0) is 26.2 Å². The van der Waals surface area contributed by atoms with Crippen molar-refractivity contribution in [1.29, 1.82) is 0 Å². The fraction of sp³-hybridized carbons (Fsp3) is 0.281. The lowest BCUT2D eigenvalue weighted by atomic mass is 9.84. The molecular weight excluding hydrogens is 510 g/mol. The van der Waals surface area contributed by atoms with Gasteiger partial charge in [-0.1, -0.05) is 45.0 Å². The topological polar surface area (TPSA) is 113 Å². The number of aliphatic carboxylic acids is 1. The highest BCUT2D eigenvalue weighted by molar-refractivity contribution is 6.51. The molecule has 0 bridgehead atoms. The fourth-order valence-electron chi connectivity index (χ4n) is 4.85. The predicted molar refractivity (Wildman–Crippen MR) is 152 cm³/mol. The highest BCUT2D eigenvalue weighted by Crippen LogP contribution is 2.43. The number of hydrogen-bond acceptors (Lipinski definition) is 6. The van der Waals surface area contributed by atoms with Crippen molar-refractivity contribution in [3.05, 3.63) is 94.6 Å². The zero-order valence-corrected chi connectivity index (χ0v) is 23.2. The van der Waals surface area contributed by atoms with Gasteiger partial charge in [-0.2, -0.15) is 0 Å². The lowest BCUT2D eigenvalue weighted by molar-refractivity contribution is -0.136. The Morgan fingerprint density at radius 2 is 1.60 bits per heavy atom. The third kappa shape index (κ3) is 5.57. The number of carboxylic acid groups (broad SMARTS) is 1. The molecule has 4 rings (SSSR count). The van der Waals surface area contributed by atoms with Gasteiger partial charge in [0, 0.05) is 16.8 Å². The predicted octanol–water partition coefficient (Wildman–Crippen LogP) is 5.64. The van der Waals surface area contributed by atoms with E-state index in [2.05, 4.69) is 0 Å². The maximum absolute atomic E-state index is 13.5. The van der Waals surface area contributed by atoms with Crippen molar-refractivity contribution in [2.24, 2.45) is 0 Å². The van der Waals surface area contributed by atoms with Crippen LogP contribution in [0.2, 0.25) is 0 Å². The van der Waals surface area contributed by atoms with E-state index < -0.39 is 23.7 Å².